The third-order valence-corrected chi connectivity index (χ3v) is 4.57. The second-order valence-electron chi connectivity index (χ2n) is 4.45. The van der Waals surface area contributed by atoms with Gasteiger partial charge in [0.05, 0.1) is 21.8 Å². The molecule has 1 N–H and O–H groups in total. The van der Waals surface area contributed by atoms with Crippen LogP contribution in [0.2, 0.25) is 5.02 Å². The van der Waals surface area contributed by atoms with Crippen molar-refractivity contribution in [2.24, 2.45) is 0 Å². The number of nitrogens with one attached hydrogen (secondary N) is 1. The van der Waals surface area contributed by atoms with Crippen LogP contribution in [-0.2, 0) is 4.79 Å². The number of nitrogens with zero attached hydrogens (tertiary/aromatic N) is 1. The largest absolute Gasteiger partial charge is 0.465 e. The minimum absolute atomic E-state index is 0.230. The van der Waals surface area contributed by atoms with E-state index in [-0.39, 0.29) is 9.88 Å². The van der Waals surface area contributed by atoms with Gasteiger partial charge in [-0.15, -0.1) is 0 Å². The normalized spacial score (nSPS) is 16.2. The lowest BCUT2D eigenvalue weighted by atomic mass is 10.2. The lowest BCUT2D eigenvalue weighted by molar-refractivity contribution is -0.123. The Morgan fingerprint density at radius 1 is 1.30 bits per heavy atom. The number of furan rings is 1. The van der Waals surface area contributed by atoms with Crippen LogP contribution in [-0.4, -0.2) is 21.1 Å². The fourth-order valence-corrected chi connectivity index (χ4v) is 3.25. The van der Waals surface area contributed by atoms with Crippen LogP contribution in [0.4, 0.5) is 0 Å². The number of rotatable bonds is 3. The first-order chi connectivity index (χ1) is 11.1. The summed E-state index contributed by atoms with van der Waals surface area (Å²) in [5, 5.41) is 1.32. The fourth-order valence-electron chi connectivity index (χ4n) is 1.87. The minimum Gasteiger partial charge on any atom is -0.465 e. The van der Waals surface area contributed by atoms with E-state index in [1.54, 1.807) is 42.5 Å². The molecule has 1 aromatic carbocycles. The average Bonchev–Trinajstić information content (AvgIpc) is 3.12. The van der Waals surface area contributed by atoms with Crippen molar-refractivity contribution in [3.05, 3.63) is 63.9 Å². The zero-order valence-electron chi connectivity index (χ0n) is 11.5. The molecular weight excluding hydrogens is 356 g/mol. The maximum Gasteiger partial charge on any atom is 0.285 e. The highest BCUT2D eigenvalue weighted by molar-refractivity contribution is 8.26. The molecule has 1 saturated heterocycles. The van der Waals surface area contributed by atoms with Gasteiger partial charge < -0.3 is 4.42 Å². The van der Waals surface area contributed by atoms with Crippen molar-refractivity contribution in [3.8, 4) is 0 Å². The summed E-state index contributed by atoms with van der Waals surface area (Å²) in [6, 6.07) is 9.99. The Bertz CT molecular complexity index is 818. The highest BCUT2D eigenvalue weighted by atomic mass is 35.5. The summed E-state index contributed by atoms with van der Waals surface area (Å²) in [7, 11) is 0. The van der Waals surface area contributed by atoms with E-state index in [4.69, 9.17) is 28.2 Å². The van der Waals surface area contributed by atoms with Crippen LogP contribution < -0.4 is 5.43 Å². The van der Waals surface area contributed by atoms with E-state index in [1.807, 2.05) is 0 Å². The predicted molar refractivity (Wildman–Crippen MR) is 92.6 cm³/mol. The van der Waals surface area contributed by atoms with E-state index in [0.29, 0.717) is 15.7 Å². The molecule has 0 spiro atoms. The highest BCUT2D eigenvalue weighted by Crippen LogP contribution is 2.31. The van der Waals surface area contributed by atoms with Gasteiger partial charge in [0.25, 0.3) is 11.8 Å². The van der Waals surface area contributed by atoms with Crippen LogP contribution in [0.1, 0.15) is 16.1 Å². The number of thioether (sulfide) groups is 1. The van der Waals surface area contributed by atoms with Crippen LogP contribution in [0.25, 0.3) is 6.08 Å². The van der Waals surface area contributed by atoms with E-state index in [2.05, 4.69) is 5.43 Å². The molecule has 0 bridgehead atoms. The number of carbonyl (C=O) groups is 2. The predicted octanol–water partition coefficient (Wildman–Crippen LogP) is 3.48. The summed E-state index contributed by atoms with van der Waals surface area (Å²) >= 11 is 12.2. The second-order valence-corrected chi connectivity index (χ2v) is 6.54. The molecule has 2 heterocycles. The van der Waals surface area contributed by atoms with Gasteiger partial charge in [0.1, 0.15) is 5.76 Å². The summed E-state index contributed by atoms with van der Waals surface area (Å²) in [6.07, 6.45) is 3.08. The summed E-state index contributed by atoms with van der Waals surface area (Å²) in [5.41, 5.74) is 2.73. The van der Waals surface area contributed by atoms with E-state index in [1.165, 1.54) is 6.26 Å². The van der Waals surface area contributed by atoms with Crippen LogP contribution in [0, 0.1) is 0 Å². The average molecular weight is 365 g/mol. The quantitative estimate of drug-likeness (QED) is 0.667. The van der Waals surface area contributed by atoms with Crippen LogP contribution in [0.5, 0.6) is 0 Å². The van der Waals surface area contributed by atoms with Gasteiger partial charge >= 0.3 is 0 Å². The lowest BCUT2D eigenvalue weighted by Crippen LogP contribution is -2.44. The van der Waals surface area contributed by atoms with Gasteiger partial charge in [0, 0.05) is 6.08 Å². The maximum absolute atomic E-state index is 12.4. The fraction of sp³-hybridized carbons (Fsp3) is 0. The van der Waals surface area contributed by atoms with Gasteiger partial charge in [-0.2, -0.15) is 5.01 Å². The van der Waals surface area contributed by atoms with Gasteiger partial charge in [-0.25, -0.2) is 0 Å². The van der Waals surface area contributed by atoms with Gasteiger partial charge in [-0.1, -0.05) is 35.5 Å². The number of amides is 2. The number of hydrogen-bond acceptors (Lipinski definition) is 5. The maximum atomic E-state index is 12.4. The summed E-state index contributed by atoms with van der Waals surface area (Å²) in [6.45, 7) is 0. The molecule has 0 atom stereocenters. The lowest BCUT2D eigenvalue weighted by Gasteiger charge is -2.16. The number of hydrazine groups is 1. The Balaban J connectivity index is 1.79. The molecule has 1 aliphatic heterocycles. The van der Waals surface area contributed by atoms with Crippen LogP contribution in [0.15, 0.2) is 52.0 Å². The first-order valence-electron chi connectivity index (χ1n) is 6.43. The molecule has 2 amide bonds. The first kappa shape index (κ1) is 15.8. The van der Waals surface area contributed by atoms with Crippen molar-refractivity contribution in [2.45, 2.75) is 0 Å². The molecule has 1 aliphatic rings. The van der Waals surface area contributed by atoms with Crippen molar-refractivity contribution >= 4 is 57.8 Å². The second kappa shape index (κ2) is 6.57. The Kier molecular flexibility index (Phi) is 4.51. The van der Waals surface area contributed by atoms with Crippen molar-refractivity contribution in [1.82, 2.24) is 10.4 Å². The van der Waals surface area contributed by atoms with Crippen LogP contribution in [0.3, 0.4) is 0 Å². The molecule has 23 heavy (non-hydrogen) atoms. The van der Waals surface area contributed by atoms with Gasteiger partial charge in [-0.3, -0.25) is 15.0 Å². The number of thiocarbonyl (C=S) groups is 1. The molecule has 0 unspecified atom stereocenters. The molecule has 0 saturated carbocycles. The summed E-state index contributed by atoms with van der Waals surface area (Å²) in [5.74, 6) is -0.397. The molecule has 3 rings (SSSR count). The molecule has 8 heteroatoms. The molecule has 1 fully saturated rings. The Hall–Kier alpha value is -2.09. The van der Waals surface area contributed by atoms with Gasteiger partial charge in [0.2, 0.25) is 0 Å². The van der Waals surface area contributed by atoms with Crippen molar-refractivity contribution < 1.29 is 14.0 Å². The first-order valence-corrected chi connectivity index (χ1v) is 8.03. The van der Waals surface area contributed by atoms with E-state index >= 15 is 0 Å². The highest BCUT2D eigenvalue weighted by Gasteiger charge is 2.34. The van der Waals surface area contributed by atoms with E-state index in [0.717, 1.165) is 16.8 Å². The smallest absolute Gasteiger partial charge is 0.285 e. The zero-order chi connectivity index (χ0) is 16.4. The number of carbonyl (C=O) groups excluding carboxylic acids is 2. The van der Waals surface area contributed by atoms with Crippen LogP contribution >= 0.6 is 35.6 Å². The SMILES string of the molecule is O=C(NN1C(=O)/C(=C\c2ccco2)SC1=S)c1ccccc1Cl. The molecule has 1 aromatic heterocycles. The summed E-state index contributed by atoms with van der Waals surface area (Å²) < 4.78 is 5.40. The standard InChI is InChI=1S/C15H9ClN2O3S2/c16-11-6-2-1-5-10(11)13(19)17-18-14(20)12(23-15(18)22)8-9-4-3-7-21-9/h1-8H,(H,17,19)/b12-8+. The molecule has 116 valence electrons. The number of hydrogen-bond donors (Lipinski definition) is 1. The zero-order valence-corrected chi connectivity index (χ0v) is 13.9. The number of halogens is 1. The minimum atomic E-state index is -0.508. The molecule has 2 aromatic rings. The summed E-state index contributed by atoms with van der Waals surface area (Å²) in [4.78, 5) is 25.0. The van der Waals surface area contributed by atoms with Crippen molar-refractivity contribution in [2.75, 3.05) is 0 Å². The Morgan fingerprint density at radius 3 is 2.78 bits per heavy atom. The van der Waals surface area contributed by atoms with Crippen molar-refractivity contribution in [3.63, 3.8) is 0 Å². The molecular formula is C15H9ClN2O3S2. The third-order valence-electron chi connectivity index (χ3n) is 2.94. The van der Waals surface area contributed by atoms with Gasteiger partial charge in [0.15, 0.2) is 4.32 Å². The third kappa shape index (κ3) is 3.31. The molecule has 0 aliphatic carbocycles. The molecule has 0 radical (unpaired) electrons. The van der Waals surface area contributed by atoms with E-state index < -0.39 is 11.8 Å². The van der Waals surface area contributed by atoms with Gasteiger partial charge in [-0.05, 0) is 36.5 Å². The number of benzene rings is 1. The molecule has 5 nitrogen and oxygen atoms in total. The monoisotopic (exact) mass is 364 g/mol. The Labute approximate surface area is 146 Å². The topological polar surface area (TPSA) is 62.6 Å². The van der Waals surface area contributed by atoms with E-state index in [9.17, 15) is 9.59 Å². The van der Waals surface area contributed by atoms with Crippen molar-refractivity contribution in [1.29, 1.82) is 0 Å². The Morgan fingerprint density at radius 2 is 2.09 bits per heavy atom.